The molecule has 1 aliphatic carbocycles. The van der Waals surface area contributed by atoms with Crippen molar-refractivity contribution in [2.24, 2.45) is 0 Å². The zero-order chi connectivity index (χ0) is 19.8. The maximum Gasteiger partial charge on any atom is 0.337 e. The Morgan fingerprint density at radius 1 is 1.44 bits per heavy atom. The van der Waals surface area contributed by atoms with Crippen LogP contribution in [-0.4, -0.2) is 63.2 Å². The third kappa shape index (κ3) is 3.64. The van der Waals surface area contributed by atoms with Crippen LogP contribution in [0.1, 0.15) is 49.8 Å². The Morgan fingerprint density at radius 3 is 2.70 bits per heavy atom. The average Bonchev–Trinajstić information content (AvgIpc) is 3.02. The molecule has 27 heavy (non-hydrogen) atoms. The maximum atomic E-state index is 11.8. The van der Waals surface area contributed by atoms with Crippen LogP contribution in [0, 0.1) is 6.92 Å². The average molecular weight is 376 g/mol. The molecule has 3 rings (SSSR count). The van der Waals surface area contributed by atoms with Crippen LogP contribution in [0.3, 0.4) is 0 Å². The molecular weight excluding hydrogens is 348 g/mol. The standard InChI is InChI=1S/C19H28N4O4/c1-5-27-18(25)16(24)19(26)8-6-13(7-9-19)14-10-15(22(3)4)23-17(21-14)12(2)11-20-23/h10-11,13,16,24,26H,5-9H2,1-4H3. The lowest BCUT2D eigenvalue weighted by atomic mass is 9.75. The number of aryl methyl sites for hydroxylation is 1. The van der Waals surface area contributed by atoms with Crippen LogP contribution in [0.25, 0.3) is 5.65 Å². The first-order chi connectivity index (χ1) is 12.8. The molecule has 0 saturated heterocycles. The first-order valence-corrected chi connectivity index (χ1v) is 9.36. The minimum Gasteiger partial charge on any atom is -0.464 e. The number of carbonyl (C=O) groups is 1. The number of hydrogen-bond donors (Lipinski definition) is 2. The molecule has 2 heterocycles. The van der Waals surface area contributed by atoms with Gasteiger partial charge in [-0.25, -0.2) is 9.78 Å². The van der Waals surface area contributed by atoms with Crippen molar-refractivity contribution < 1.29 is 19.7 Å². The number of fused-ring (bicyclic) bond motifs is 1. The lowest BCUT2D eigenvalue weighted by molar-refractivity contribution is -0.173. The van der Waals surface area contributed by atoms with Gasteiger partial charge in [-0.05, 0) is 39.5 Å². The summed E-state index contributed by atoms with van der Waals surface area (Å²) < 4.78 is 6.67. The molecule has 8 nitrogen and oxygen atoms in total. The van der Waals surface area contributed by atoms with E-state index in [0.717, 1.165) is 22.7 Å². The minimum absolute atomic E-state index is 0.151. The van der Waals surface area contributed by atoms with Crippen molar-refractivity contribution >= 4 is 17.4 Å². The number of aromatic nitrogens is 3. The van der Waals surface area contributed by atoms with Crippen LogP contribution in [0.15, 0.2) is 12.3 Å². The molecule has 0 aromatic carbocycles. The molecule has 2 aromatic heterocycles. The molecule has 0 bridgehead atoms. The summed E-state index contributed by atoms with van der Waals surface area (Å²) in [6.45, 7) is 3.83. The lowest BCUT2D eigenvalue weighted by Crippen LogP contribution is -2.49. The third-order valence-electron chi connectivity index (χ3n) is 5.40. The van der Waals surface area contributed by atoms with Crippen molar-refractivity contribution in [3.8, 4) is 0 Å². The summed E-state index contributed by atoms with van der Waals surface area (Å²) >= 11 is 0. The Labute approximate surface area is 158 Å². The van der Waals surface area contributed by atoms with Crippen LogP contribution >= 0.6 is 0 Å². The topological polar surface area (TPSA) is 100 Å². The first kappa shape index (κ1) is 19.6. The van der Waals surface area contributed by atoms with Gasteiger partial charge in [-0.15, -0.1) is 0 Å². The fraction of sp³-hybridized carbons (Fsp3) is 0.632. The number of esters is 1. The summed E-state index contributed by atoms with van der Waals surface area (Å²) in [6.07, 6.45) is 2.20. The fourth-order valence-corrected chi connectivity index (χ4v) is 3.73. The van der Waals surface area contributed by atoms with Crippen molar-refractivity contribution in [3.05, 3.63) is 23.5 Å². The number of rotatable bonds is 5. The summed E-state index contributed by atoms with van der Waals surface area (Å²) in [5.41, 5.74) is 1.33. The van der Waals surface area contributed by atoms with E-state index in [9.17, 15) is 15.0 Å². The second-order valence-electron chi connectivity index (χ2n) is 7.53. The number of aliphatic hydroxyl groups excluding tert-OH is 1. The van der Waals surface area contributed by atoms with Gasteiger partial charge in [0.1, 0.15) is 11.4 Å². The number of carbonyl (C=O) groups excluding carboxylic acids is 1. The van der Waals surface area contributed by atoms with Crippen molar-refractivity contribution in [3.63, 3.8) is 0 Å². The zero-order valence-electron chi connectivity index (χ0n) is 16.3. The van der Waals surface area contributed by atoms with Gasteiger partial charge in [-0.1, -0.05) is 0 Å². The zero-order valence-corrected chi connectivity index (χ0v) is 16.3. The molecule has 1 fully saturated rings. The van der Waals surface area contributed by atoms with Crippen LogP contribution in [-0.2, 0) is 9.53 Å². The van der Waals surface area contributed by atoms with E-state index in [0.29, 0.717) is 25.7 Å². The van der Waals surface area contributed by atoms with Gasteiger partial charge in [-0.2, -0.15) is 9.61 Å². The molecule has 1 aliphatic rings. The largest absolute Gasteiger partial charge is 0.464 e. The molecule has 1 saturated carbocycles. The summed E-state index contributed by atoms with van der Waals surface area (Å²) in [6, 6.07) is 2.02. The third-order valence-corrected chi connectivity index (χ3v) is 5.40. The van der Waals surface area contributed by atoms with Crippen molar-refractivity contribution in [2.75, 3.05) is 25.6 Å². The summed E-state index contributed by atoms with van der Waals surface area (Å²) in [7, 11) is 3.93. The quantitative estimate of drug-likeness (QED) is 0.761. The Morgan fingerprint density at radius 2 is 2.11 bits per heavy atom. The van der Waals surface area contributed by atoms with Crippen molar-refractivity contribution in [1.82, 2.24) is 14.6 Å². The lowest BCUT2D eigenvalue weighted by Gasteiger charge is -2.38. The van der Waals surface area contributed by atoms with E-state index in [2.05, 4.69) is 5.10 Å². The fourth-order valence-electron chi connectivity index (χ4n) is 3.73. The van der Waals surface area contributed by atoms with Crippen LogP contribution in [0.5, 0.6) is 0 Å². The predicted octanol–water partition coefficient (Wildman–Crippen LogP) is 1.42. The van der Waals surface area contributed by atoms with E-state index < -0.39 is 17.7 Å². The molecule has 0 amide bonds. The summed E-state index contributed by atoms with van der Waals surface area (Å²) in [5.74, 6) is 0.330. The van der Waals surface area contributed by atoms with E-state index >= 15 is 0 Å². The maximum absolute atomic E-state index is 11.8. The highest BCUT2D eigenvalue weighted by molar-refractivity contribution is 5.76. The Balaban J connectivity index is 1.82. The van der Waals surface area contributed by atoms with Crippen LogP contribution < -0.4 is 4.90 Å². The molecule has 0 radical (unpaired) electrons. The van der Waals surface area contributed by atoms with E-state index in [-0.39, 0.29) is 12.5 Å². The molecule has 1 atom stereocenters. The van der Waals surface area contributed by atoms with Gasteiger partial charge in [-0.3, -0.25) is 0 Å². The number of aliphatic hydroxyl groups is 2. The van der Waals surface area contributed by atoms with Gasteiger partial charge in [0, 0.05) is 37.3 Å². The Bertz CT molecular complexity index is 824. The molecule has 0 spiro atoms. The van der Waals surface area contributed by atoms with Gasteiger partial charge < -0.3 is 19.8 Å². The molecular formula is C19H28N4O4. The molecule has 148 valence electrons. The van der Waals surface area contributed by atoms with Gasteiger partial charge in [0.2, 0.25) is 0 Å². The molecule has 2 aromatic rings. The smallest absolute Gasteiger partial charge is 0.337 e. The highest BCUT2D eigenvalue weighted by Crippen LogP contribution is 2.40. The van der Waals surface area contributed by atoms with E-state index in [1.54, 1.807) is 13.1 Å². The van der Waals surface area contributed by atoms with E-state index in [4.69, 9.17) is 9.72 Å². The Hall–Kier alpha value is -2.19. The van der Waals surface area contributed by atoms with Crippen molar-refractivity contribution in [2.45, 2.75) is 57.2 Å². The van der Waals surface area contributed by atoms with Gasteiger partial charge in [0.25, 0.3) is 0 Å². The van der Waals surface area contributed by atoms with Gasteiger partial charge in [0.15, 0.2) is 11.8 Å². The van der Waals surface area contributed by atoms with E-state index in [1.807, 2.05) is 36.5 Å². The van der Waals surface area contributed by atoms with Crippen LogP contribution in [0.2, 0.25) is 0 Å². The van der Waals surface area contributed by atoms with Gasteiger partial charge >= 0.3 is 5.97 Å². The number of nitrogens with zero attached hydrogens (tertiary/aromatic N) is 4. The molecule has 8 heteroatoms. The summed E-state index contributed by atoms with van der Waals surface area (Å²) in [4.78, 5) is 18.6. The Kier molecular flexibility index (Phi) is 5.39. The number of ether oxygens (including phenoxy) is 1. The van der Waals surface area contributed by atoms with Gasteiger partial charge in [0.05, 0.1) is 12.8 Å². The number of hydrogen-bond acceptors (Lipinski definition) is 7. The van der Waals surface area contributed by atoms with Crippen LogP contribution in [0.4, 0.5) is 5.82 Å². The second kappa shape index (κ2) is 7.44. The highest BCUT2D eigenvalue weighted by Gasteiger charge is 2.44. The minimum atomic E-state index is -1.51. The molecule has 2 N–H and O–H groups in total. The first-order valence-electron chi connectivity index (χ1n) is 9.36. The monoisotopic (exact) mass is 376 g/mol. The SMILES string of the molecule is CCOC(=O)C(O)C1(O)CCC(c2cc(N(C)C)n3ncc(C)c3n2)CC1. The molecule has 1 unspecified atom stereocenters. The normalized spacial score (nSPS) is 24.0. The summed E-state index contributed by atoms with van der Waals surface area (Å²) in [5, 5.41) is 25.3. The second-order valence-corrected chi connectivity index (χ2v) is 7.53. The number of anilines is 1. The molecule has 0 aliphatic heterocycles. The highest BCUT2D eigenvalue weighted by atomic mass is 16.5. The predicted molar refractivity (Wildman–Crippen MR) is 101 cm³/mol. The van der Waals surface area contributed by atoms with Crippen molar-refractivity contribution in [1.29, 1.82) is 0 Å². The van der Waals surface area contributed by atoms with E-state index in [1.165, 1.54) is 0 Å².